The van der Waals surface area contributed by atoms with Crippen molar-refractivity contribution in [3.63, 3.8) is 0 Å². The maximum absolute atomic E-state index is 6.22. The highest BCUT2D eigenvalue weighted by atomic mass is 14.7. The summed E-state index contributed by atoms with van der Waals surface area (Å²) < 4.78 is 0. The molecule has 0 radical (unpaired) electrons. The quantitative estimate of drug-likeness (QED) is 0.846. The fourth-order valence-electron chi connectivity index (χ4n) is 2.02. The monoisotopic (exact) mass is 214 g/mol. The number of para-hydroxylation sites is 1. The van der Waals surface area contributed by atoms with E-state index >= 15 is 0 Å². The molecule has 0 spiro atoms. The highest BCUT2D eigenvalue weighted by Crippen LogP contribution is 2.24. The Morgan fingerprint density at radius 1 is 1.25 bits per heavy atom. The summed E-state index contributed by atoms with van der Waals surface area (Å²) in [5.74, 6) is 0. The average Bonchev–Trinajstić information content (AvgIpc) is 2.35. The number of hydrogen-bond donors (Lipinski definition) is 1. The van der Waals surface area contributed by atoms with E-state index in [9.17, 15) is 0 Å². The van der Waals surface area contributed by atoms with Gasteiger partial charge in [-0.3, -0.25) is 4.98 Å². The van der Waals surface area contributed by atoms with Crippen LogP contribution in [0.2, 0.25) is 0 Å². The van der Waals surface area contributed by atoms with Gasteiger partial charge >= 0.3 is 0 Å². The van der Waals surface area contributed by atoms with Crippen molar-refractivity contribution in [2.24, 2.45) is 5.73 Å². The number of fused-ring (bicyclic) bond motifs is 1. The van der Waals surface area contributed by atoms with Crippen molar-refractivity contribution < 1.29 is 0 Å². The fourth-order valence-corrected chi connectivity index (χ4v) is 2.02. The summed E-state index contributed by atoms with van der Waals surface area (Å²) >= 11 is 0. The Balaban J connectivity index is 2.36. The first-order valence-corrected chi connectivity index (χ1v) is 5.92. The normalized spacial score (nSPS) is 12.9. The van der Waals surface area contributed by atoms with Gasteiger partial charge in [-0.2, -0.15) is 0 Å². The molecule has 1 aromatic carbocycles. The third-order valence-corrected chi connectivity index (χ3v) is 2.95. The lowest BCUT2D eigenvalue weighted by Gasteiger charge is -2.13. The van der Waals surface area contributed by atoms with Gasteiger partial charge in [0.1, 0.15) is 0 Å². The Morgan fingerprint density at radius 2 is 2.06 bits per heavy atom. The SMILES string of the molecule is CCCCC(N)c1ccnc2ccccc12. The molecule has 16 heavy (non-hydrogen) atoms. The molecule has 1 unspecified atom stereocenters. The van der Waals surface area contributed by atoms with Gasteiger partial charge in [-0.1, -0.05) is 38.0 Å². The molecule has 2 nitrogen and oxygen atoms in total. The van der Waals surface area contributed by atoms with Crippen LogP contribution in [0.1, 0.15) is 37.8 Å². The number of rotatable bonds is 4. The number of nitrogens with two attached hydrogens (primary N) is 1. The van der Waals surface area contributed by atoms with E-state index < -0.39 is 0 Å². The molecule has 0 aliphatic heterocycles. The second-order valence-electron chi connectivity index (χ2n) is 4.17. The predicted octanol–water partition coefficient (Wildman–Crippen LogP) is 3.42. The highest BCUT2D eigenvalue weighted by Gasteiger charge is 2.09. The second-order valence-corrected chi connectivity index (χ2v) is 4.17. The molecule has 84 valence electrons. The summed E-state index contributed by atoms with van der Waals surface area (Å²) in [6.07, 6.45) is 5.27. The predicted molar refractivity (Wildman–Crippen MR) is 68.2 cm³/mol. The van der Waals surface area contributed by atoms with Crippen LogP contribution in [0.15, 0.2) is 36.5 Å². The van der Waals surface area contributed by atoms with Crippen LogP contribution in [0, 0.1) is 0 Å². The van der Waals surface area contributed by atoms with Crippen LogP contribution in [0.25, 0.3) is 10.9 Å². The Kier molecular flexibility index (Phi) is 3.52. The van der Waals surface area contributed by atoms with Gasteiger partial charge < -0.3 is 5.73 Å². The molecule has 0 saturated carbocycles. The number of nitrogens with zero attached hydrogens (tertiary/aromatic N) is 1. The zero-order chi connectivity index (χ0) is 11.4. The summed E-state index contributed by atoms with van der Waals surface area (Å²) in [5, 5.41) is 1.19. The van der Waals surface area contributed by atoms with E-state index in [0.717, 1.165) is 11.9 Å². The second kappa shape index (κ2) is 5.08. The summed E-state index contributed by atoms with van der Waals surface area (Å²) in [6, 6.07) is 10.4. The van der Waals surface area contributed by atoms with Crippen LogP contribution in [0.4, 0.5) is 0 Å². The Bertz CT molecular complexity index is 460. The molecule has 0 saturated heterocycles. The van der Waals surface area contributed by atoms with Gasteiger partial charge in [-0.25, -0.2) is 0 Å². The molecule has 0 aliphatic carbocycles. The number of hydrogen-bond acceptors (Lipinski definition) is 2. The molecular weight excluding hydrogens is 196 g/mol. The summed E-state index contributed by atoms with van der Waals surface area (Å²) in [4.78, 5) is 4.35. The van der Waals surface area contributed by atoms with E-state index in [1.807, 2.05) is 30.5 Å². The van der Waals surface area contributed by atoms with Crippen LogP contribution in [-0.4, -0.2) is 4.98 Å². The van der Waals surface area contributed by atoms with Crippen molar-refractivity contribution in [2.75, 3.05) is 0 Å². The van der Waals surface area contributed by atoms with E-state index in [0.29, 0.717) is 0 Å². The molecule has 2 N–H and O–H groups in total. The van der Waals surface area contributed by atoms with E-state index in [-0.39, 0.29) is 6.04 Å². The van der Waals surface area contributed by atoms with Crippen molar-refractivity contribution in [1.82, 2.24) is 4.98 Å². The lowest BCUT2D eigenvalue weighted by atomic mass is 9.99. The van der Waals surface area contributed by atoms with Crippen molar-refractivity contribution in [2.45, 2.75) is 32.2 Å². The minimum absolute atomic E-state index is 0.132. The lowest BCUT2D eigenvalue weighted by Crippen LogP contribution is -2.10. The van der Waals surface area contributed by atoms with Crippen molar-refractivity contribution in [1.29, 1.82) is 0 Å². The van der Waals surface area contributed by atoms with Gasteiger partial charge in [0.15, 0.2) is 0 Å². The molecule has 1 atom stereocenters. The average molecular weight is 214 g/mol. The Hall–Kier alpha value is -1.41. The molecule has 2 aromatic rings. The molecule has 0 aliphatic rings. The third-order valence-electron chi connectivity index (χ3n) is 2.95. The largest absolute Gasteiger partial charge is 0.324 e. The van der Waals surface area contributed by atoms with E-state index in [1.54, 1.807) is 0 Å². The minimum atomic E-state index is 0.132. The van der Waals surface area contributed by atoms with Gasteiger partial charge in [0.25, 0.3) is 0 Å². The molecule has 2 rings (SSSR count). The van der Waals surface area contributed by atoms with Crippen molar-refractivity contribution in [3.05, 3.63) is 42.1 Å². The van der Waals surface area contributed by atoms with Crippen LogP contribution in [0.3, 0.4) is 0 Å². The maximum Gasteiger partial charge on any atom is 0.0705 e. The zero-order valence-electron chi connectivity index (χ0n) is 9.69. The van der Waals surface area contributed by atoms with Crippen molar-refractivity contribution >= 4 is 10.9 Å². The van der Waals surface area contributed by atoms with Crippen LogP contribution >= 0.6 is 0 Å². The van der Waals surface area contributed by atoms with Gasteiger partial charge in [0.05, 0.1) is 5.52 Å². The van der Waals surface area contributed by atoms with Gasteiger partial charge in [-0.15, -0.1) is 0 Å². The molecular formula is C14H18N2. The van der Waals surface area contributed by atoms with Crippen molar-refractivity contribution in [3.8, 4) is 0 Å². The van der Waals surface area contributed by atoms with E-state index in [1.165, 1.54) is 23.8 Å². The molecule has 1 aromatic heterocycles. The first-order valence-electron chi connectivity index (χ1n) is 5.92. The molecule has 1 heterocycles. The number of unbranched alkanes of at least 4 members (excludes halogenated alkanes) is 1. The Morgan fingerprint density at radius 3 is 2.88 bits per heavy atom. The first-order chi connectivity index (χ1) is 7.83. The third kappa shape index (κ3) is 2.22. The standard InChI is InChI=1S/C14H18N2/c1-2-3-7-13(15)11-9-10-16-14-8-5-4-6-12(11)14/h4-6,8-10,13H,2-3,7,15H2,1H3. The topological polar surface area (TPSA) is 38.9 Å². The first kappa shape index (κ1) is 11.1. The number of aromatic nitrogens is 1. The van der Waals surface area contributed by atoms with Crippen LogP contribution in [-0.2, 0) is 0 Å². The maximum atomic E-state index is 6.22. The smallest absolute Gasteiger partial charge is 0.0705 e. The molecule has 0 amide bonds. The van der Waals surface area contributed by atoms with Gasteiger partial charge in [0, 0.05) is 17.6 Å². The van der Waals surface area contributed by atoms with Crippen LogP contribution in [0.5, 0.6) is 0 Å². The van der Waals surface area contributed by atoms with Gasteiger partial charge in [0.2, 0.25) is 0 Å². The lowest BCUT2D eigenvalue weighted by molar-refractivity contribution is 0.606. The Labute approximate surface area is 96.5 Å². The zero-order valence-corrected chi connectivity index (χ0v) is 9.69. The fraction of sp³-hybridized carbons (Fsp3) is 0.357. The van der Waals surface area contributed by atoms with E-state index in [2.05, 4.69) is 18.0 Å². The summed E-state index contributed by atoms with van der Waals surface area (Å²) in [6.45, 7) is 2.19. The number of benzene rings is 1. The highest BCUT2D eigenvalue weighted by molar-refractivity contribution is 5.82. The summed E-state index contributed by atoms with van der Waals surface area (Å²) in [5.41, 5.74) is 8.47. The molecule has 2 heteroatoms. The van der Waals surface area contributed by atoms with E-state index in [4.69, 9.17) is 5.73 Å². The van der Waals surface area contributed by atoms with Gasteiger partial charge in [-0.05, 0) is 24.1 Å². The minimum Gasteiger partial charge on any atom is -0.324 e. The number of pyridine rings is 1. The molecule has 0 bridgehead atoms. The summed E-state index contributed by atoms with van der Waals surface area (Å²) in [7, 11) is 0. The van der Waals surface area contributed by atoms with Crippen LogP contribution < -0.4 is 5.73 Å². The molecule has 0 fully saturated rings.